The van der Waals surface area contributed by atoms with Crippen molar-refractivity contribution < 1.29 is 9.53 Å². The monoisotopic (exact) mass is 219 g/mol. The predicted molar refractivity (Wildman–Crippen MR) is 61.6 cm³/mol. The molecule has 0 aromatic heterocycles. The Hall–Kier alpha value is -0.380. The molecule has 0 bridgehead atoms. The molecule has 14 heavy (non-hydrogen) atoms. The van der Waals surface area contributed by atoms with Crippen LogP contribution in [0.5, 0.6) is 0 Å². The lowest BCUT2D eigenvalue weighted by molar-refractivity contribution is 0.0840. The maximum Gasteiger partial charge on any atom is 0.404 e. The zero-order valence-corrected chi connectivity index (χ0v) is 10.1. The lowest BCUT2D eigenvalue weighted by Gasteiger charge is -2.26. The van der Waals surface area contributed by atoms with E-state index < -0.39 is 6.09 Å². The first kappa shape index (κ1) is 13.6. The summed E-state index contributed by atoms with van der Waals surface area (Å²) in [6, 6.07) is 0. The zero-order chi connectivity index (χ0) is 11.0. The molecule has 3 nitrogen and oxygen atoms in total. The van der Waals surface area contributed by atoms with Crippen LogP contribution in [0.3, 0.4) is 0 Å². The molecule has 84 valence electrons. The molecule has 0 saturated heterocycles. The molecule has 0 atom stereocenters. The number of hydrogen-bond acceptors (Lipinski definition) is 3. The highest BCUT2D eigenvalue weighted by molar-refractivity contribution is 7.99. The third-order valence-corrected chi connectivity index (χ3v) is 3.38. The largest absolute Gasteiger partial charge is 0.446 e. The SMILES string of the molecule is CC.CSC1CCC(OC(N)=O)CC1. The highest BCUT2D eigenvalue weighted by Crippen LogP contribution is 2.28. The van der Waals surface area contributed by atoms with Gasteiger partial charge in [0, 0.05) is 5.25 Å². The number of amides is 1. The lowest BCUT2D eigenvalue weighted by atomic mass is 9.97. The summed E-state index contributed by atoms with van der Waals surface area (Å²) in [7, 11) is 0. The zero-order valence-electron chi connectivity index (χ0n) is 9.29. The summed E-state index contributed by atoms with van der Waals surface area (Å²) < 4.78 is 4.91. The van der Waals surface area contributed by atoms with Crippen molar-refractivity contribution >= 4 is 17.9 Å². The van der Waals surface area contributed by atoms with E-state index in [9.17, 15) is 4.79 Å². The van der Waals surface area contributed by atoms with Crippen LogP contribution in [0.2, 0.25) is 0 Å². The number of hydrogen-bond donors (Lipinski definition) is 1. The van der Waals surface area contributed by atoms with Crippen molar-refractivity contribution in [1.29, 1.82) is 0 Å². The second-order valence-corrected chi connectivity index (χ2v) is 4.21. The molecule has 1 saturated carbocycles. The minimum Gasteiger partial charge on any atom is -0.446 e. The molecule has 0 aromatic rings. The molecule has 1 aliphatic rings. The van der Waals surface area contributed by atoms with Crippen LogP contribution in [0.1, 0.15) is 39.5 Å². The standard InChI is InChI=1S/C8H15NO2S.C2H6/c1-12-7-4-2-6(3-5-7)11-8(9)10;1-2/h6-7H,2-5H2,1H3,(H2,9,10);1-2H3. The van der Waals surface area contributed by atoms with E-state index in [1.807, 2.05) is 25.6 Å². The topological polar surface area (TPSA) is 52.3 Å². The third-order valence-electron chi connectivity index (χ3n) is 2.24. The van der Waals surface area contributed by atoms with Gasteiger partial charge in [-0.2, -0.15) is 11.8 Å². The average Bonchev–Trinajstić information content (AvgIpc) is 2.21. The molecule has 0 unspecified atom stereocenters. The van der Waals surface area contributed by atoms with Crippen LogP contribution >= 0.6 is 11.8 Å². The highest BCUT2D eigenvalue weighted by atomic mass is 32.2. The van der Waals surface area contributed by atoms with E-state index in [1.165, 1.54) is 0 Å². The number of carbonyl (C=O) groups is 1. The second kappa shape index (κ2) is 7.97. The molecular formula is C10H21NO2S. The minimum absolute atomic E-state index is 0.0749. The summed E-state index contributed by atoms with van der Waals surface area (Å²) in [5.74, 6) is 0. The molecule has 1 fully saturated rings. The summed E-state index contributed by atoms with van der Waals surface area (Å²) in [6.45, 7) is 4.00. The van der Waals surface area contributed by atoms with Gasteiger partial charge in [0.05, 0.1) is 0 Å². The molecule has 1 rings (SSSR count). The second-order valence-electron chi connectivity index (χ2n) is 3.07. The van der Waals surface area contributed by atoms with Crippen LogP contribution in [0, 0.1) is 0 Å². The summed E-state index contributed by atoms with van der Waals surface area (Å²) in [6.07, 6.45) is 5.77. The van der Waals surface area contributed by atoms with Gasteiger partial charge in [0.2, 0.25) is 0 Å². The fourth-order valence-corrected chi connectivity index (χ4v) is 2.29. The van der Waals surface area contributed by atoms with Gasteiger partial charge in [-0.1, -0.05) is 13.8 Å². The molecule has 0 aliphatic heterocycles. The summed E-state index contributed by atoms with van der Waals surface area (Å²) in [5.41, 5.74) is 4.92. The van der Waals surface area contributed by atoms with Crippen LogP contribution in [-0.4, -0.2) is 23.7 Å². The van der Waals surface area contributed by atoms with Crippen molar-refractivity contribution in [2.75, 3.05) is 6.26 Å². The molecule has 0 aromatic carbocycles. The van der Waals surface area contributed by atoms with E-state index in [4.69, 9.17) is 10.5 Å². The van der Waals surface area contributed by atoms with Crippen molar-refractivity contribution in [2.24, 2.45) is 5.73 Å². The van der Waals surface area contributed by atoms with E-state index >= 15 is 0 Å². The van der Waals surface area contributed by atoms with Gasteiger partial charge in [0.25, 0.3) is 0 Å². The minimum atomic E-state index is -0.636. The molecule has 1 aliphatic carbocycles. The maximum absolute atomic E-state index is 10.4. The van der Waals surface area contributed by atoms with Crippen molar-refractivity contribution in [1.82, 2.24) is 0 Å². The van der Waals surface area contributed by atoms with Crippen LogP contribution in [0.15, 0.2) is 0 Å². The van der Waals surface area contributed by atoms with Gasteiger partial charge in [-0.25, -0.2) is 4.79 Å². The Kier molecular flexibility index (Phi) is 7.76. The number of carbonyl (C=O) groups excluding carboxylic acids is 1. The van der Waals surface area contributed by atoms with Gasteiger partial charge in [-0.15, -0.1) is 0 Å². The van der Waals surface area contributed by atoms with Crippen LogP contribution < -0.4 is 5.73 Å². The van der Waals surface area contributed by atoms with Gasteiger partial charge in [0.15, 0.2) is 0 Å². The Labute approximate surface area is 90.8 Å². The normalized spacial score (nSPS) is 25.9. The van der Waals surface area contributed by atoms with Crippen molar-refractivity contribution in [3.05, 3.63) is 0 Å². The van der Waals surface area contributed by atoms with Gasteiger partial charge in [-0.3, -0.25) is 0 Å². The third kappa shape index (κ3) is 5.37. The van der Waals surface area contributed by atoms with Gasteiger partial charge in [-0.05, 0) is 31.9 Å². The number of ether oxygens (including phenoxy) is 1. The van der Waals surface area contributed by atoms with E-state index in [0.717, 1.165) is 30.9 Å². The van der Waals surface area contributed by atoms with Crippen LogP contribution in [-0.2, 0) is 4.74 Å². The van der Waals surface area contributed by atoms with Crippen LogP contribution in [0.25, 0.3) is 0 Å². The average molecular weight is 219 g/mol. The van der Waals surface area contributed by atoms with Crippen LogP contribution in [0.4, 0.5) is 4.79 Å². The predicted octanol–water partition coefficient (Wildman–Crippen LogP) is 2.78. The first-order valence-corrected chi connectivity index (χ1v) is 6.50. The summed E-state index contributed by atoms with van der Waals surface area (Å²) in [5, 5.41) is 0.748. The smallest absolute Gasteiger partial charge is 0.404 e. The molecule has 2 N–H and O–H groups in total. The van der Waals surface area contributed by atoms with Gasteiger partial charge >= 0.3 is 6.09 Å². The molecule has 0 spiro atoms. The highest BCUT2D eigenvalue weighted by Gasteiger charge is 2.22. The molecular weight excluding hydrogens is 198 g/mol. The molecule has 4 heteroatoms. The van der Waals surface area contributed by atoms with E-state index in [2.05, 4.69) is 6.26 Å². The first-order valence-electron chi connectivity index (χ1n) is 5.21. The molecule has 0 heterocycles. The number of rotatable bonds is 2. The fraction of sp³-hybridized carbons (Fsp3) is 0.900. The van der Waals surface area contributed by atoms with E-state index in [1.54, 1.807) is 0 Å². The Morgan fingerprint density at radius 3 is 2.14 bits per heavy atom. The van der Waals surface area contributed by atoms with Crippen molar-refractivity contribution in [3.63, 3.8) is 0 Å². The number of primary amides is 1. The Morgan fingerprint density at radius 2 is 1.79 bits per heavy atom. The maximum atomic E-state index is 10.4. The van der Waals surface area contributed by atoms with Gasteiger partial charge < -0.3 is 10.5 Å². The lowest BCUT2D eigenvalue weighted by Crippen LogP contribution is -2.27. The number of thioether (sulfide) groups is 1. The Morgan fingerprint density at radius 1 is 1.29 bits per heavy atom. The Bertz CT molecular complexity index is 156. The van der Waals surface area contributed by atoms with Crippen molar-refractivity contribution in [2.45, 2.75) is 50.9 Å². The van der Waals surface area contributed by atoms with Gasteiger partial charge in [0.1, 0.15) is 6.10 Å². The van der Waals surface area contributed by atoms with Crippen molar-refractivity contribution in [3.8, 4) is 0 Å². The Balaban J connectivity index is 0.000000791. The first-order chi connectivity index (χ1) is 6.72. The van der Waals surface area contributed by atoms with E-state index in [-0.39, 0.29) is 6.10 Å². The number of nitrogens with two attached hydrogens (primary N) is 1. The summed E-state index contributed by atoms with van der Waals surface area (Å²) >= 11 is 1.89. The fourth-order valence-electron chi connectivity index (χ4n) is 1.55. The molecule has 0 radical (unpaired) electrons. The quantitative estimate of drug-likeness (QED) is 0.777. The molecule has 1 amide bonds. The summed E-state index contributed by atoms with van der Waals surface area (Å²) in [4.78, 5) is 10.4. The van der Waals surface area contributed by atoms with E-state index in [0.29, 0.717) is 0 Å².